The van der Waals surface area contributed by atoms with Crippen LogP contribution in [0.1, 0.15) is 12.8 Å². The minimum atomic E-state index is -1.29. The summed E-state index contributed by atoms with van der Waals surface area (Å²) in [6.45, 7) is -0.579. The van der Waals surface area contributed by atoms with E-state index in [4.69, 9.17) is 10.8 Å². The molecule has 21 heavy (non-hydrogen) atoms. The van der Waals surface area contributed by atoms with Crippen LogP contribution in [-0.4, -0.2) is 58.0 Å². The molecule has 0 aromatic carbocycles. The van der Waals surface area contributed by atoms with Gasteiger partial charge in [0, 0.05) is 6.54 Å². The summed E-state index contributed by atoms with van der Waals surface area (Å²) in [4.78, 5) is 47.9. The van der Waals surface area contributed by atoms with Gasteiger partial charge in [-0.3, -0.25) is 14.5 Å². The Bertz CT molecular complexity index is 491. The number of nitrogens with zero attached hydrogens (tertiary/aromatic N) is 3. The molecule has 0 aromatic rings. The highest BCUT2D eigenvalue weighted by Gasteiger charge is 2.38. The van der Waals surface area contributed by atoms with Crippen molar-refractivity contribution in [1.82, 2.24) is 15.6 Å². The van der Waals surface area contributed by atoms with Gasteiger partial charge in [-0.25, -0.2) is 19.9 Å². The Morgan fingerprint density at radius 1 is 1.57 bits per heavy atom. The van der Waals surface area contributed by atoms with Crippen molar-refractivity contribution in [3.05, 3.63) is 10.1 Å². The van der Waals surface area contributed by atoms with Crippen molar-refractivity contribution in [2.45, 2.75) is 18.9 Å². The third kappa shape index (κ3) is 4.93. The molecule has 1 saturated heterocycles. The minimum Gasteiger partial charge on any atom is -0.480 e. The fraction of sp³-hybridized carbons (Fsp3) is 0.556. The fourth-order valence-corrected chi connectivity index (χ4v) is 1.68. The van der Waals surface area contributed by atoms with E-state index < -0.39 is 35.5 Å². The molecule has 12 heteroatoms. The SMILES string of the molecule is NC(=NCCC[C@@H]1NC(=O)N(CC(=O)O)C1=O)N[N+](=O)[O-]. The summed E-state index contributed by atoms with van der Waals surface area (Å²) in [6, 6.07) is -1.58. The predicted molar refractivity (Wildman–Crippen MR) is 67.5 cm³/mol. The molecule has 116 valence electrons. The monoisotopic (exact) mass is 302 g/mol. The molecule has 1 rings (SSSR count). The lowest BCUT2D eigenvalue weighted by Crippen LogP contribution is -2.36. The summed E-state index contributed by atoms with van der Waals surface area (Å²) < 4.78 is 0. The summed E-state index contributed by atoms with van der Waals surface area (Å²) >= 11 is 0. The van der Waals surface area contributed by atoms with Crippen LogP contribution in [0.5, 0.6) is 0 Å². The van der Waals surface area contributed by atoms with Gasteiger partial charge < -0.3 is 16.2 Å². The number of imide groups is 1. The second-order valence-electron chi connectivity index (χ2n) is 4.10. The molecule has 1 aliphatic heterocycles. The predicted octanol–water partition coefficient (Wildman–Crippen LogP) is -2.13. The summed E-state index contributed by atoms with van der Waals surface area (Å²) in [7, 11) is 0. The molecule has 1 fully saturated rings. The molecule has 0 aliphatic carbocycles. The van der Waals surface area contributed by atoms with Gasteiger partial charge in [0.1, 0.15) is 12.6 Å². The summed E-state index contributed by atoms with van der Waals surface area (Å²) in [5, 5.41) is 20.1. The summed E-state index contributed by atoms with van der Waals surface area (Å²) in [6.07, 6.45) is 0.549. The molecule has 0 unspecified atom stereocenters. The number of hydrazine groups is 1. The maximum absolute atomic E-state index is 11.7. The Balaban J connectivity index is 2.40. The number of aliphatic imine (C=N–C) groups is 1. The molecular formula is C9H14N6O6. The minimum absolute atomic E-state index is 0.116. The quantitative estimate of drug-likeness (QED) is 0.103. The van der Waals surface area contributed by atoms with Crippen LogP contribution >= 0.6 is 0 Å². The van der Waals surface area contributed by atoms with Gasteiger partial charge in [-0.15, -0.1) is 0 Å². The van der Waals surface area contributed by atoms with E-state index in [0.29, 0.717) is 11.3 Å². The van der Waals surface area contributed by atoms with Crippen LogP contribution in [0.25, 0.3) is 0 Å². The number of nitro groups is 1. The average Bonchev–Trinajstić information content (AvgIpc) is 2.61. The van der Waals surface area contributed by atoms with Gasteiger partial charge >= 0.3 is 12.0 Å². The molecule has 1 heterocycles. The van der Waals surface area contributed by atoms with E-state index >= 15 is 0 Å². The molecule has 12 nitrogen and oxygen atoms in total. The normalized spacial score (nSPS) is 18.6. The Kier molecular flexibility index (Phi) is 5.39. The van der Waals surface area contributed by atoms with Crippen LogP contribution in [0.3, 0.4) is 0 Å². The zero-order valence-electron chi connectivity index (χ0n) is 10.8. The number of nitrogens with two attached hydrogens (primary N) is 1. The number of urea groups is 1. The Morgan fingerprint density at radius 3 is 2.81 bits per heavy atom. The number of carboxylic acids is 1. The van der Waals surface area contributed by atoms with Gasteiger partial charge in [0.05, 0.1) is 0 Å². The Morgan fingerprint density at radius 2 is 2.24 bits per heavy atom. The maximum atomic E-state index is 11.7. The number of nitrogens with one attached hydrogen (secondary N) is 2. The van der Waals surface area contributed by atoms with Gasteiger partial charge in [0.15, 0.2) is 5.03 Å². The average molecular weight is 302 g/mol. The standard InChI is InChI=1S/C9H14N6O6/c10-8(13-15(20)21)11-3-1-2-5-7(18)14(4-6(16)17)9(19)12-5/h5H,1-4H2,(H,12,19)(H,16,17)(H3,10,11,13)/t5-/m0/s1. The van der Waals surface area contributed by atoms with E-state index in [9.17, 15) is 24.5 Å². The number of carbonyl (C=O) groups excluding carboxylic acids is 2. The van der Waals surface area contributed by atoms with Gasteiger partial charge in [0.25, 0.3) is 11.9 Å². The molecule has 1 aliphatic rings. The van der Waals surface area contributed by atoms with E-state index in [1.807, 2.05) is 0 Å². The summed E-state index contributed by atoms with van der Waals surface area (Å²) in [5.41, 5.74) is 6.84. The van der Waals surface area contributed by atoms with Crippen molar-refractivity contribution in [2.75, 3.05) is 13.1 Å². The van der Waals surface area contributed by atoms with E-state index in [2.05, 4.69) is 10.3 Å². The topological polar surface area (TPSA) is 180 Å². The second-order valence-corrected chi connectivity index (χ2v) is 4.10. The van der Waals surface area contributed by atoms with E-state index in [-0.39, 0.29) is 18.9 Å². The maximum Gasteiger partial charge on any atom is 0.325 e. The largest absolute Gasteiger partial charge is 0.480 e. The molecule has 3 amide bonds. The van der Waals surface area contributed by atoms with Crippen molar-refractivity contribution < 1.29 is 24.5 Å². The third-order valence-electron chi connectivity index (χ3n) is 2.54. The molecule has 1 atom stereocenters. The zero-order valence-corrected chi connectivity index (χ0v) is 10.8. The Hall–Kier alpha value is -2.92. The molecule has 0 aromatic heterocycles. The van der Waals surface area contributed by atoms with Crippen LogP contribution in [0.15, 0.2) is 4.99 Å². The first kappa shape index (κ1) is 16.1. The van der Waals surface area contributed by atoms with E-state index in [1.54, 1.807) is 5.43 Å². The number of aliphatic carboxylic acids is 1. The van der Waals surface area contributed by atoms with E-state index in [0.717, 1.165) is 0 Å². The second kappa shape index (κ2) is 7.02. The van der Waals surface area contributed by atoms with Gasteiger partial charge in [-0.05, 0) is 12.8 Å². The van der Waals surface area contributed by atoms with Gasteiger partial charge in [-0.1, -0.05) is 5.43 Å². The number of hydrogen-bond donors (Lipinski definition) is 4. The van der Waals surface area contributed by atoms with Crippen LogP contribution in [-0.2, 0) is 9.59 Å². The van der Waals surface area contributed by atoms with Crippen LogP contribution in [0.4, 0.5) is 4.79 Å². The van der Waals surface area contributed by atoms with Crippen molar-refractivity contribution in [2.24, 2.45) is 10.7 Å². The lowest BCUT2D eigenvalue weighted by molar-refractivity contribution is -0.525. The third-order valence-corrected chi connectivity index (χ3v) is 2.54. The molecular weight excluding hydrogens is 288 g/mol. The fourth-order valence-electron chi connectivity index (χ4n) is 1.68. The highest BCUT2D eigenvalue weighted by Crippen LogP contribution is 2.10. The Labute approximate surface area is 118 Å². The lowest BCUT2D eigenvalue weighted by atomic mass is 10.1. The highest BCUT2D eigenvalue weighted by molar-refractivity contribution is 6.05. The first-order valence-corrected chi connectivity index (χ1v) is 5.86. The molecule has 0 spiro atoms. The van der Waals surface area contributed by atoms with Crippen molar-refractivity contribution in [3.63, 3.8) is 0 Å². The molecule has 5 N–H and O–H groups in total. The van der Waals surface area contributed by atoms with Gasteiger partial charge in [-0.2, -0.15) is 0 Å². The molecule has 0 saturated carbocycles. The first-order chi connectivity index (χ1) is 9.81. The molecule has 0 radical (unpaired) electrons. The summed E-state index contributed by atoms with van der Waals surface area (Å²) in [5.74, 6) is -2.28. The number of hydrogen-bond acceptors (Lipinski definition) is 6. The van der Waals surface area contributed by atoms with Gasteiger partial charge in [0.2, 0.25) is 0 Å². The van der Waals surface area contributed by atoms with Crippen LogP contribution in [0, 0.1) is 10.1 Å². The highest BCUT2D eigenvalue weighted by atomic mass is 16.7. The number of guanidine groups is 1. The first-order valence-electron chi connectivity index (χ1n) is 5.86. The van der Waals surface area contributed by atoms with E-state index in [1.165, 1.54) is 0 Å². The number of carbonyl (C=O) groups is 3. The smallest absolute Gasteiger partial charge is 0.325 e. The number of carboxylic acid groups (broad SMARTS) is 1. The van der Waals surface area contributed by atoms with Crippen molar-refractivity contribution in [1.29, 1.82) is 0 Å². The van der Waals surface area contributed by atoms with Crippen LogP contribution in [0.2, 0.25) is 0 Å². The molecule has 0 bridgehead atoms. The van der Waals surface area contributed by atoms with Crippen molar-refractivity contribution >= 4 is 23.9 Å². The van der Waals surface area contributed by atoms with Crippen LogP contribution < -0.4 is 16.5 Å². The lowest BCUT2D eigenvalue weighted by Gasteiger charge is -2.09. The number of amides is 3. The van der Waals surface area contributed by atoms with Crippen molar-refractivity contribution in [3.8, 4) is 0 Å². The number of rotatable bonds is 7. The zero-order chi connectivity index (χ0) is 16.0.